The van der Waals surface area contributed by atoms with Crippen molar-refractivity contribution in [1.82, 2.24) is 14.7 Å². The summed E-state index contributed by atoms with van der Waals surface area (Å²) in [5.74, 6) is -1.20. The van der Waals surface area contributed by atoms with Gasteiger partial charge in [0.2, 0.25) is 17.7 Å². The van der Waals surface area contributed by atoms with E-state index in [1.807, 2.05) is 4.90 Å². The van der Waals surface area contributed by atoms with E-state index < -0.39 is 32.9 Å². The molecule has 0 aromatic carbocycles. The lowest BCUT2D eigenvalue weighted by molar-refractivity contribution is -0.147. The van der Waals surface area contributed by atoms with E-state index in [9.17, 15) is 19.5 Å². The highest BCUT2D eigenvalue weighted by Gasteiger charge is 2.77. The average Bonchev–Trinajstić information content (AvgIpc) is 3.36. The summed E-state index contributed by atoms with van der Waals surface area (Å²) in [6.07, 6.45) is 6.95. The molecule has 38 heavy (non-hydrogen) atoms. The molecule has 0 aromatic rings. The Morgan fingerprint density at radius 2 is 1.74 bits per heavy atom. The van der Waals surface area contributed by atoms with E-state index >= 15 is 0 Å². The lowest BCUT2D eigenvalue weighted by Crippen LogP contribution is -2.60. The van der Waals surface area contributed by atoms with Crippen LogP contribution in [-0.2, 0) is 14.4 Å². The summed E-state index contributed by atoms with van der Waals surface area (Å²) in [5.41, 5.74) is -0.458. The van der Waals surface area contributed by atoms with E-state index in [2.05, 4.69) is 54.7 Å². The first-order valence-corrected chi connectivity index (χ1v) is 14.8. The van der Waals surface area contributed by atoms with E-state index in [0.717, 1.165) is 19.3 Å². The predicted molar refractivity (Wildman–Crippen MR) is 155 cm³/mol. The molecule has 1 spiro atoms. The standard InChI is InChI=1S/C30H49N3O4S/c1-10-16-31(9)24(35)21-22-25(36)32(18-12-13-19-34)23(30(22)15-14-29(21,8)38-30)26(37)33(17-11-2)28(6,7)20-27(3,4)5/h10-11,21-23,34H,1-2,12-20H2,3-9H3/t21-,22-,23?,29+,30?/m0/s1. The molecule has 3 aliphatic rings. The average molecular weight is 548 g/mol. The minimum Gasteiger partial charge on any atom is -0.396 e. The van der Waals surface area contributed by atoms with Crippen molar-refractivity contribution >= 4 is 29.5 Å². The predicted octanol–water partition coefficient (Wildman–Crippen LogP) is 4.11. The van der Waals surface area contributed by atoms with Crippen molar-refractivity contribution in [1.29, 1.82) is 0 Å². The van der Waals surface area contributed by atoms with Crippen LogP contribution >= 0.6 is 11.8 Å². The lowest BCUT2D eigenvalue weighted by atomic mass is 9.66. The number of carbonyl (C=O) groups excluding carboxylic acids is 3. The van der Waals surface area contributed by atoms with Gasteiger partial charge in [-0.2, -0.15) is 0 Å². The van der Waals surface area contributed by atoms with Gasteiger partial charge in [0.25, 0.3) is 0 Å². The Hall–Kier alpha value is -1.80. The summed E-state index contributed by atoms with van der Waals surface area (Å²) in [4.78, 5) is 48.1. The van der Waals surface area contributed by atoms with Gasteiger partial charge >= 0.3 is 0 Å². The molecule has 3 saturated heterocycles. The van der Waals surface area contributed by atoms with E-state index in [4.69, 9.17) is 0 Å². The van der Waals surface area contributed by atoms with E-state index in [1.165, 1.54) is 0 Å². The summed E-state index contributed by atoms with van der Waals surface area (Å²) in [5, 5.41) is 9.43. The molecule has 3 fully saturated rings. The van der Waals surface area contributed by atoms with Crippen LogP contribution in [0.25, 0.3) is 0 Å². The quantitative estimate of drug-likeness (QED) is 0.294. The molecule has 0 saturated carbocycles. The van der Waals surface area contributed by atoms with Crippen molar-refractivity contribution in [2.75, 3.05) is 33.3 Å². The monoisotopic (exact) mass is 547 g/mol. The molecule has 3 rings (SSSR count). The zero-order valence-electron chi connectivity index (χ0n) is 24.6. The largest absolute Gasteiger partial charge is 0.396 e. The van der Waals surface area contributed by atoms with Gasteiger partial charge in [-0.3, -0.25) is 14.4 Å². The summed E-state index contributed by atoms with van der Waals surface area (Å²) >= 11 is 1.71. The zero-order chi connectivity index (χ0) is 28.7. The van der Waals surface area contributed by atoms with Crippen LogP contribution in [-0.4, -0.2) is 91.9 Å². The Morgan fingerprint density at radius 1 is 1.11 bits per heavy atom. The molecule has 0 aliphatic carbocycles. The third kappa shape index (κ3) is 5.32. The maximum atomic E-state index is 14.7. The van der Waals surface area contributed by atoms with Crippen molar-refractivity contribution < 1.29 is 19.5 Å². The highest BCUT2D eigenvalue weighted by molar-refractivity contribution is 8.02. The third-order valence-corrected chi connectivity index (χ3v) is 10.6. The molecule has 3 aliphatic heterocycles. The second kappa shape index (κ2) is 11.0. The number of aliphatic hydroxyl groups is 1. The minimum absolute atomic E-state index is 0.00236. The molecule has 2 bridgehead atoms. The molecule has 8 heteroatoms. The highest BCUT2D eigenvalue weighted by Crippen LogP contribution is 2.71. The first-order valence-electron chi connectivity index (χ1n) is 14.0. The van der Waals surface area contributed by atoms with Crippen molar-refractivity contribution in [3.8, 4) is 0 Å². The van der Waals surface area contributed by atoms with Gasteiger partial charge in [0.1, 0.15) is 6.04 Å². The smallest absolute Gasteiger partial charge is 0.247 e. The molecule has 1 N–H and O–H groups in total. The highest BCUT2D eigenvalue weighted by atomic mass is 32.2. The fourth-order valence-electron chi connectivity index (χ4n) is 7.54. The molecule has 7 nitrogen and oxygen atoms in total. The fraction of sp³-hybridized carbons (Fsp3) is 0.767. The normalized spacial score (nSPS) is 30.4. The van der Waals surface area contributed by atoms with Crippen LogP contribution < -0.4 is 0 Å². The number of unbranched alkanes of at least 4 members (excludes halogenated alkanes) is 1. The summed E-state index contributed by atoms with van der Waals surface area (Å²) in [7, 11) is 1.76. The number of rotatable bonds is 12. The third-order valence-electron chi connectivity index (χ3n) is 8.63. The van der Waals surface area contributed by atoms with Gasteiger partial charge in [-0.25, -0.2) is 0 Å². The number of nitrogens with zero attached hydrogens (tertiary/aromatic N) is 3. The van der Waals surface area contributed by atoms with Gasteiger partial charge in [-0.1, -0.05) is 32.9 Å². The lowest BCUT2D eigenvalue weighted by Gasteiger charge is -2.46. The molecule has 0 radical (unpaired) electrons. The molecule has 214 valence electrons. The summed E-state index contributed by atoms with van der Waals surface area (Å²) < 4.78 is -1.04. The van der Waals surface area contributed by atoms with Crippen molar-refractivity contribution in [2.45, 2.75) is 94.7 Å². The molecular weight excluding hydrogens is 498 g/mol. The number of carbonyl (C=O) groups is 3. The van der Waals surface area contributed by atoms with Crippen molar-refractivity contribution in [2.24, 2.45) is 17.3 Å². The molecule has 2 unspecified atom stereocenters. The van der Waals surface area contributed by atoms with E-state index in [-0.39, 0.29) is 29.7 Å². The number of hydrogen-bond acceptors (Lipinski definition) is 5. The van der Waals surface area contributed by atoms with E-state index in [1.54, 1.807) is 40.8 Å². The summed E-state index contributed by atoms with van der Waals surface area (Å²) in [6.45, 7) is 21.8. The maximum Gasteiger partial charge on any atom is 0.247 e. The number of hydrogen-bond donors (Lipinski definition) is 1. The first kappa shape index (κ1) is 30.7. The molecule has 3 heterocycles. The molecular formula is C30H49N3O4S. The van der Waals surface area contributed by atoms with Crippen LogP contribution in [0.3, 0.4) is 0 Å². The van der Waals surface area contributed by atoms with Gasteiger partial charge in [0, 0.05) is 43.6 Å². The summed E-state index contributed by atoms with van der Waals surface area (Å²) in [6, 6.07) is -0.646. The Morgan fingerprint density at radius 3 is 2.29 bits per heavy atom. The Balaban J connectivity index is 2.10. The molecule has 3 amide bonds. The number of aliphatic hydroxyl groups excluding tert-OH is 1. The van der Waals surface area contributed by atoms with Crippen molar-refractivity contribution in [3.63, 3.8) is 0 Å². The van der Waals surface area contributed by atoms with Gasteiger partial charge in [-0.15, -0.1) is 24.9 Å². The second-order valence-electron chi connectivity index (χ2n) is 13.5. The number of thioether (sulfide) groups is 1. The topological polar surface area (TPSA) is 81.2 Å². The first-order chi connectivity index (χ1) is 17.6. The van der Waals surface area contributed by atoms with Gasteiger partial charge in [0.05, 0.1) is 16.6 Å². The van der Waals surface area contributed by atoms with Gasteiger partial charge < -0.3 is 19.8 Å². The number of likely N-dealkylation sites (N-methyl/N-ethyl adjacent to an activating group) is 1. The second-order valence-corrected chi connectivity index (χ2v) is 15.4. The van der Waals surface area contributed by atoms with Crippen LogP contribution in [0.2, 0.25) is 0 Å². The molecule has 0 aromatic heterocycles. The molecule has 5 atom stereocenters. The number of likely N-dealkylation sites (tertiary alicyclic amines) is 1. The van der Waals surface area contributed by atoms with Crippen LogP contribution in [0.4, 0.5) is 0 Å². The SMILES string of the molecule is C=CCN(C)C(=O)[C@@H]1[C@H]2C(=O)N(CCCCO)C(C(=O)N(CC=C)C(C)(C)CC(C)(C)C)C23CC[C@@]1(C)S3. The number of fused-ring (bicyclic) bond motifs is 1. The maximum absolute atomic E-state index is 14.7. The van der Waals surface area contributed by atoms with E-state index in [0.29, 0.717) is 32.5 Å². The van der Waals surface area contributed by atoms with Crippen LogP contribution in [0.1, 0.15) is 73.6 Å². The zero-order valence-corrected chi connectivity index (χ0v) is 25.4. The van der Waals surface area contributed by atoms with Crippen LogP contribution in [0.15, 0.2) is 25.3 Å². The minimum atomic E-state index is -0.646. The van der Waals surface area contributed by atoms with Crippen LogP contribution in [0, 0.1) is 17.3 Å². The Bertz CT molecular complexity index is 960. The number of amides is 3. The van der Waals surface area contributed by atoms with Gasteiger partial charge in [0.15, 0.2) is 0 Å². The fourth-order valence-corrected chi connectivity index (χ4v) is 9.89. The van der Waals surface area contributed by atoms with Crippen LogP contribution in [0.5, 0.6) is 0 Å². The Labute approximate surface area is 234 Å². The Kier molecular flexibility index (Phi) is 8.89. The van der Waals surface area contributed by atoms with Gasteiger partial charge in [-0.05, 0) is 58.3 Å². The van der Waals surface area contributed by atoms with Crippen molar-refractivity contribution in [3.05, 3.63) is 25.3 Å².